The number of rotatable bonds is 3. The van der Waals surface area contributed by atoms with Crippen LogP contribution in [0.25, 0.3) is 0 Å². The van der Waals surface area contributed by atoms with E-state index < -0.39 is 6.10 Å². The molecule has 1 atom stereocenters. The molecule has 0 saturated carbocycles. The minimum absolute atomic E-state index is 0.472. The Morgan fingerprint density at radius 2 is 2.18 bits per heavy atom. The van der Waals surface area contributed by atoms with Crippen LogP contribution >= 0.6 is 11.6 Å². The summed E-state index contributed by atoms with van der Waals surface area (Å²) in [5, 5.41) is 14.7. The molecule has 0 spiro atoms. The fourth-order valence-corrected chi connectivity index (χ4v) is 1.87. The second kappa shape index (κ2) is 4.77. The van der Waals surface area contributed by atoms with E-state index in [0.29, 0.717) is 22.0 Å². The normalized spacial score (nSPS) is 12.5. The summed E-state index contributed by atoms with van der Waals surface area (Å²) < 4.78 is 6.70. The van der Waals surface area contributed by atoms with Crippen molar-refractivity contribution in [3.63, 3.8) is 0 Å². The quantitative estimate of drug-likeness (QED) is 0.911. The summed E-state index contributed by atoms with van der Waals surface area (Å²) in [7, 11) is 3.35. The summed E-state index contributed by atoms with van der Waals surface area (Å²) in [5.41, 5.74) is 1.28. The molecule has 0 saturated heterocycles. The second-order valence-electron chi connectivity index (χ2n) is 3.71. The summed E-state index contributed by atoms with van der Waals surface area (Å²) in [4.78, 5) is 0. The number of nitrogens with zero attached hydrogens (tertiary/aromatic N) is 2. The first-order valence-corrected chi connectivity index (χ1v) is 5.50. The van der Waals surface area contributed by atoms with E-state index in [1.54, 1.807) is 49.3 Å². The van der Waals surface area contributed by atoms with Crippen LogP contribution in [0, 0.1) is 0 Å². The number of aliphatic hydroxyl groups is 1. The number of halogens is 1. The van der Waals surface area contributed by atoms with E-state index in [1.165, 1.54) is 0 Å². The maximum absolute atomic E-state index is 10.1. The van der Waals surface area contributed by atoms with Gasteiger partial charge in [-0.3, -0.25) is 4.68 Å². The summed E-state index contributed by atoms with van der Waals surface area (Å²) in [5.74, 6) is 0.587. The first kappa shape index (κ1) is 12.0. The average Bonchev–Trinajstić information content (AvgIpc) is 2.75. The number of hydrogen-bond donors (Lipinski definition) is 1. The van der Waals surface area contributed by atoms with Crippen molar-refractivity contribution in [3.05, 3.63) is 46.7 Å². The first-order valence-electron chi connectivity index (χ1n) is 5.13. The minimum Gasteiger partial charge on any atom is -0.495 e. The van der Waals surface area contributed by atoms with E-state index in [2.05, 4.69) is 5.10 Å². The number of aliphatic hydroxyl groups excluding tert-OH is 1. The van der Waals surface area contributed by atoms with Crippen molar-refractivity contribution in [3.8, 4) is 5.75 Å². The molecule has 1 heterocycles. The molecule has 90 valence electrons. The van der Waals surface area contributed by atoms with Gasteiger partial charge in [-0.2, -0.15) is 5.10 Å². The Kier molecular flexibility index (Phi) is 3.36. The van der Waals surface area contributed by atoms with Crippen molar-refractivity contribution < 1.29 is 9.84 Å². The maximum atomic E-state index is 10.1. The summed E-state index contributed by atoms with van der Waals surface area (Å²) >= 11 is 6.00. The number of aryl methyl sites for hydroxylation is 1. The van der Waals surface area contributed by atoms with Gasteiger partial charge in [-0.1, -0.05) is 17.7 Å². The van der Waals surface area contributed by atoms with Crippen LogP contribution < -0.4 is 4.74 Å². The van der Waals surface area contributed by atoms with Gasteiger partial charge in [-0.15, -0.1) is 0 Å². The lowest BCUT2D eigenvalue weighted by Gasteiger charge is -2.10. The van der Waals surface area contributed by atoms with Crippen LogP contribution in [0.4, 0.5) is 0 Å². The minimum atomic E-state index is -0.778. The summed E-state index contributed by atoms with van der Waals surface area (Å²) in [6.07, 6.45) is 1.00. The monoisotopic (exact) mass is 252 g/mol. The molecule has 0 aliphatic rings. The maximum Gasteiger partial charge on any atom is 0.137 e. The predicted molar refractivity (Wildman–Crippen MR) is 65.3 cm³/mol. The standard InChI is InChI=1S/C12H13ClN2O2/c1-15-6-5-10(14-15)12(16)8-3-4-11(17-2)9(13)7-8/h3-7,12,16H,1-2H3. The highest BCUT2D eigenvalue weighted by molar-refractivity contribution is 6.32. The number of ether oxygens (including phenoxy) is 1. The van der Waals surface area contributed by atoms with Gasteiger partial charge in [0.2, 0.25) is 0 Å². The lowest BCUT2D eigenvalue weighted by molar-refractivity contribution is 0.214. The largest absolute Gasteiger partial charge is 0.495 e. The van der Waals surface area contributed by atoms with Crippen LogP contribution in [0.2, 0.25) is 5.02 Å². The number of methoxy groups -OCH3 is 1. The van der Waals surface area contributed by atoms with Crippen molar-refractivity contribution in [2.75, 3.05) is 7.11 Å². The third-order valence-electron chi connectivity index (χ3n) is 2.51. The van der Waals surface area contributed by atoms with Gasteiger partial charge >= 0.3 is 0 Å². The third kappa shape index (κ3) is 2.43. The van der Waals surface area contributed by atoms with Gasteiger partial charge in [0, 0.05) is 13.2 Å². The lowest BCUT2D eigenvalue weighted by atomic mass is 10.1. The van der Waals surface area contributed by atoms with Gasteiger partial charge in [0.15, 0.2) is 0 Å². The summed E-state index contributed by atoms with van der Waals surface area (Å²) in [6.45, 7) is 0. The van der Waals surface area contributed by atoms with E-state index in [1.807, 2.05) is 0 Å². The predicted octanol–water partition coefficient (Wildman–Crippen LogP) is 2.16. The zero-order valence-corrected chi connectivity index (χ0v) is 10.3. The van der Waals surface area contributed by atoms with Crippen LogP contribution in [-0.4, -0.2) is 22.0 Å². The molecule has 4 nitrogen and oxygen atoms in total. The summed E-state index contributed by atoms with van der Waals surface area (Å²) in [6, 6.07) is 6.94. The Hall–Kier alpha value is -1.52. The molecule has 1 aromatic heterocycles. The SMILES string of the molecule is COc1ccc(C(O)c2ccn(C)n2)cc1Cl. The molecular weight excluding hydrogens is 240 g/mol. The Balaban J connectivity index is 2.31. The molecule has 1 aromatic carbocycles. The molecule has 17 heavy (non-hydrogen) atoms. The molecule has 0 radical (unpaired) electrons. The van der Waals surface area contributed by atoms with Crippen LogP contribution in [0.3, 0.4) is 0 Å². The van der Waals surface area contributed by atoms with Gasteiger partial charge in [0.25, 0.3) is 0 Å². The van der Waals surface area contributed by atoms with Gasteiger partial charge < -0.3 is 9.84 Å². The van der Waals surface area contributed by atoms with E-state index >= 15 is 0 Å². The van der Waals surface area contributed by atoms with Crippen LogP contribution in [0.15, 0.2) is 30.5 Å². The van der Waals surface area contributed by atoms with E-state index in [-0.39, 0.29) is 0 Å². The van der Waals surface area contributed by atoms with E-state index in [0.717, 1.165) is 0 Å². The van der Waals surface area contributed by atoms with Crippen molar-refractivity contribution in [1.29, 1.82) is 0 Å². The molecule has 2 rings (SSSR count). The Morgan fingerprint density at radius 3 is 2.71 bits per heavy atom. The second-order valence-corrected chi connectivity index (χ2v) is 4.12. The molecule has 0 bridgehead atoms. The molecule has 0 aliphatic heterocycles. The highest BCUT2D eigenvalue weighted by Crippen LogP contribution is 2.29. The van der Waals surface area contributed by atoms with Crippen LogP contribution in [-0.2, 0) is 7.05 Å². The zero-order valence-electron chi connectivity index (χ0n) is 9.59. The van der Waals surface area contributed by atoms with Crippen molar-refractivity contribution in [2.45, 2.75) is 6.10 Å². The van der Waals surface area contributed by atoms with Crippen molar-refractivity contribution in [1.82, 2.24) is 9.78 Å². The van der Waals surface area contributed by atoms with Crippen molar-refractivity contribution >= 4 is 11.6 Å². The average molecular weight is 253 g/mol. The molecular formula is C12H13ClN2O2. The lowest BCUT2D eigenvalue weighted by Crippen LogP contribution is -2.02. The fraction of sp³-hybridized carbons (Fsp3) is 0.250. The van der Waals surface area contributed by atoms with E-state index in [9.17, 15) is 5.11 Å². The molecule has 2 aromatic rings. The first-order chi connectivity index (χ1) is 8.11. The third-order valence-corrected chi connectivity index (χ3v) is 2.80. The van der Waals surface area contributed by atoms with Gasteiger partial charge in [0.1, 0.15) is 11.9 Å². The smallest absolute Gasteiger partial charge is 0.137 e. The van der Waals surface area contributed by atoms with Gasteiger partial charge in [-0.05, 0) is 23.8 Å². The van der Waals surface area contributed by atoms with Crippen LogP contribution in [0.1, 0.15) is 17.4 Å². The highest BCUT2D eigenvalue weighted by atomic mass is 35.5. The number of hydrogen-bond acceptors (Lipinski definition) is 3. The van der Waals surface area contributed by atoms with Crippen molar-refractivity contribution in [2.24, 2.45) is 7.05 Å². The van der Waals surface area contributed by atoms with Gasteiger partial charge in [-0.25, -0.2) is 0 Å². The number of benzene rings is 1. The highest BCUT2D eigenvalue weighted by Gasteiger charge is 2.14. The van der Waals surface area contributed by atoms with Crippen LogP contribution in [0.5, 0.6) is 5.75 Å². The topological polar surface area (TPSA) is 47.3 Å². The Morgan fingerprint density at radius 1 is 1.41 bits per heavy atom. The molecule has 0 amide bonds. The Bertz CT molecular complexity index is 525. The Labute approximate surface area is 104 Å². The molecule has 1 N–H and O–H groups in total. The fourth-order valence-electron chi connectivity index (χ4n) is 1.60. The molecule has 0 fully saturated rings. The molecule has 0 aliphatic carbocycles. The molecule has 1 unspecified atom stereocenters. The van der Waals surface area contributed by atoms with E-state index in [4.69, 9.17) is 16.3 Å². The van der Waals surface area contributed by atoms with Gasteiger partial charge in [0.05, 0.1) is 17.8 Å². The molecule has 5 heteroatoms. The number of aromatic nitrogens is 2. The zero-order chi connectivity index (χ0) is 12.4.